The highest BCUT2D eigenvalue weighted by Gasteiger charge is 2.30. The number of amides is 1. The molecule has 2 heterocycles. The van der Waals surface area contributed by atoms with Gasteiger partial charge in [0.05, 0.1) is 12.0 Å². The van der Waals surface area contributed by atoms with Crippen molar-refractivity contribution in [3.63, 3.8) is 0 Å². The van der Waals surface area contributed by atoms with E-state index >= 15 is 0 Å². The van der Waals surface area contributed by atoms with Crippen molar-refractivity contribution in [2.24, 2.45) is 0 Å². The number of nitrogens with zero attached hydrogens (tertiary/aromatic N) is 1. The number of methoxy groups -OCH3 is 1. The Bertz CT molecular complexity index is 871. The summed E-state index contributed by atoms with van der Waals surface area (Å²) in [6.07, 6.45) is 1.09. The number of piperidine rings is 1. The summed E-state index contributed by atoms with van der Waals surface area (Å²) in [6.45, 7) is 0.697. The van der Waals surface area contributed by atoms with Gasteiger partial charge in [0.1, 0.15) is 5.75 Å². The van der Waals surface area contributed by atoms with Crippen LogP contribution in [-0.4, -0.2) is 44.9 Å². The molecule has 0 aliphatic carbocycles. The van der Waals surface area contributed by atoms with Gasteiger partial charge in [0.25, 0.3) is 5.91 Å². The molecule has 3 rings (SSSR count). The molecule has 9 heteroatoms. The fraction of sp³-hybridized carbons (Fsp3) is 0.353. The largest absolute Gasteiger partial charge is 0.497 e. The average molecular weight is 443 g/mol. The topological polar surface area (TPSA) is 88.9 Å². The molecular formula is C17H19BrN2O5S. The second kappa shape index (κ2) is 7.81. The van der Waals surface area contributed by atoms with Crippen LogP contribution >= 0.6 is 15.9 Å². The summed E-state index contributed by atoms with van der Waals surface area (Å²) in [7, 11) is -2.02. The molecule has 0 radical (unpaired) electrons. The fourth-order valence-corrected chi connectivity index (χ4v) is 4.61. The Morgan fingerprint density at radius 1 is 1.19 bits per heavy atom. The van der Waals surface area contributed by atoms with Gasteiger partial charge in [0.15, 0.2) is 10.4 Å². The normalized spacial score (nSPS) is 16.4. The Morgan fingerprint density at radius 2 is 1.85 bits per heavy atom. The van der Waals surface area contributed by atoms with Crippen LogP contribution in [0.4, 0.5) is 0 Å². The van der Waals surface area contributed by atoms with Crippen LogP contribution in [0, 0.1) is 0 Å². The molecule has 1 aromatic heterocycles. The number of hydrogen-bond acceptors (Lipinski definition) is 5. The van der Waals surface area contributed by atoms with Gasteiger partial charge in [-0.05, 0) is 65.2 Å². The standard InChI is InChI=1S/C17H19BrN2O5S/c1-24-13-2-4-14(5-3-13)26(22,23)20-10-8-12(9-11-20)19-17(21)15-6-7-16(18)25-15/h2-7,12H,8-11H2,1H3,(H,19,21). The van der Waals surface area contributed by atoms with Crippen LogP contribution in [0.1, 0.15) is 23.4 Å². The Labute approximate surface area is 160 Å². The van der Waals surface area contributed by atoms with E-state index in [4.69, 9.17) is 9.15 Å². The molecule has 1 aliphatic heterocycles. The lowest BCUT2D eigenvalue weighted by Gasteiger charge is -2.31. The van der Waals surface area contributed by atoms with Gasteiger partial charge in [-0.1, -0.05) is 0 Å². The molecule has 0 bridgehead atoms. The Morgan fingerprint density at radius 3 is 2.38 bits per heavy atom. The number of ether oxygens (including phenoxy) is 1. The molecule has 0 unspecified atom stereocenters. The summed E-state index contributed by atoms with van der Waals surface area (Å²) in [5, 5.41) is 2.88. The van der Waals surface area contributed by atoms with E-state index in [0.717, 1.165) is 0 Å². The van der Waals surface area contributed by atoms with Gasteiger partial charge in [0.2, 0.25) is 10.0 Å². The SMILES string of the molecule is COc1ccc(S(=O)(=O)N2CCC(NC(=O)c3ccc(Br)o3)CC2)cc1. The van der Waals surface area contributed by atoms with Crippen LogP contribution in [0.5, 0.6) is 5.75 Å². The monoisotopic (exact) mass is 442 g/mol. The molecule has 0 atom stereocenters. The van der Waals surface area contributed by atoms with Gasteiger partial charge in [-0.3, -0.25) is 4.79 Å². The first kappa shape index (κ1) is 18.9. The van der Waals surface area contributed by atoms with Gasteiger partial charge < -0.3 is 14.5 Å². The van der Waals surface area contributed by atoms with E-state index in [1.54, 1.807) is 24.3 Å². The molecule has 0 saturated carbocycles. The zero-order chi connectivity index (χ0) is 18.7. The lowest BCUT2D eigenvalue weighted by Crippen LogP contribution is -2.46. The number of benzene rings is 1. The highest BCUT2D eigenvalue weighted by Crippen LogP contribution is 2.23. The lowest BCUT2D eigenvalue weighted by molar-refractivity contribution is 0.0894. The summed E-state index contributed by atoms with van der Waals surface area (Å²) in [5.74, 6) is 0.534. The van der Waals surface area contributed by atoms with E-state index in [2.05, 4.69) is 21.2 Å². The molecule has 0 spiro atoms. The fourth-order valence-electron chi connectivity index (χ4n) is 2.83. The maximum atomic E-state index is 12.7. The lowest BCUT2D eigenvalue weighted by atomic mass is 10.1. The number of sulfonamides is 1. The Kier molecular flexibility index (Phi) is 5.69. The molecule has 1 aromatic carbocycles. The number of halogens is 1. The Hall–Kier alpha value is -1.84. The van der Waals surface area contributed by atoms with Crippen molar-refractivity contribution < 1.29 is 22.4 Å². The van der Waals surface area contributed by atoms with Crippen LogP contribution in [0.2, 0.25) is 0 Å². The quantitative estimate of drug-likeness (QED) is 0.768. The van der Waals surface area contributed by atoms with Crippen molar-refractivity contribution in [1.29, 1.82) is 0 Å². The second-order valence-electron chi connectivity index (χ2n) is 5.93. The van der Waals surface area contributed by atoms with Crippen LogP contribution < -0.4 is 10.1 Å². The molecule has 1 aliphatic rings. The van der Waals surface area contributed by atoms with Crippen molar-refractivity contribution in [3.8, 4) is 5.75 Å². The van der Waals surface area contributed by atoms with E-state index in [1.807, 2.05) is 0 Å². The maximum Gasteiger partial charge on any atom is 0.287 e. The molecule has 1 fully saturated rings. The third kappa shape index (κ3) is 4.11. The van der Waals surface area contributed by atoms with Crippen LogP contribution in [-0.2, 0) is 10.0 Å². The van der Waals surface area contributed by atoms with Crippen molar-refractivity contribution in [2.45, 2.75) is 23.8 Å². The number of hydrogen-bond donors (Lipinski definition) is 1. The van der Waals surface area contributed by atoms with Crippen LogP contribution in [0.15, 0.2) is 50.4 Å². The maximum absolute atomic E-state index is 12.7. The molecule has 1 N–H and O–H groups in total. The van der Waals surface area contributed by atoms with Crippen molar-refractivity contribution in [1.82, 2.24) is 9.62 Å². The molecule has 2 aromatic rings. The zero-order valence-corrected chi connectivity index (χ0v) is 16.5. The van der Waals surface area contributed by atoms with Gasteiger partial charge in [-0.15, -0.1) is 0 Å². The third-order valence-electron chi connectivity index (χ3n) is 4.28. The predicted octanol–water partition coefficient (Wildman–Crippen LogP) is 2.63. The van der Waals surface area contributed by atoms with Crippen molar-refractivity contribution in [2.75, 3.05) is 20.2 Å². The van der Waals surface area contributed by atoms with Gasteiger partial charge in [-0.2, -0.15) is 4.31 Å². The molecule has 26 heavy (non-hydrogen) atoms. The first-order chi connectivity index (χ1) is 12.4. The van der Waals surface area contributed by atoms with Gasteiger partial charge in [0, 0.05) is 19.1 Å². The smallest absolute Gasteiger partial charge is 0.287 e. The first-order valence-electron chi connectivity index (χ1n) is 8.10. The minimum Gasteiger partial charge on any atom is -0.497 e. The molecule has 1 saturated heterocycles. The van der Waals surface area contributed by atoms with E-state index in [1.165, 1.54) is 23.5 Å². The summed E-state index contributed by atoms with van der Waals surface area (Å²) in [6, 6.07) is 9.48. The average Bonchev–Trinajstić information content (AvgIpc) is 3.09. The summed E-state index contributed by atoms with van der Waals surface area (Å²) >= 11 is 3.16. The third-order valence-corrected chi connectivity index (χ3v) is 6.62. The zero-order valence-electron chi connectivity index (χ0n) is 14.1. The predicted molar refractivity (Wildman–Crippen MR) is 98.6 cm³/mol. The highest BCUT2D eigenvalue weighted by atomic mass is 79.9. The minimum atomic E-state index is -3.55. The van der Waals surface area contributed by atoms with E-state index in [-0.39, 0.29) is 22.6 Å². The van der Waals surface area contributed by atoms with Gasteiger partial charge in [-0.25, -0.2) is 8.42 Å². The molecular weight excluding hydrogens is 424 g/mol. The van der Waals surface area contributed by atoms with Crippen LogP contribution in [0.25, 0.3) is 0 Å². The highest BCUT2D eigenvalue weighted by molar-refractivity contribution is 9.10. The minimum absolute atomic E-state index is 0.0892. The Balaban J connectivity index is 1.59. The second-order valence-corrected chi connectivity index (χ2v) is 8.65. The van der Waals surface area contributed by atoms with E-state index < -0.39 is 10.0 Å². The van der Waals surface area contributed by atoms with E-state index in [9.17, 15) is 13.2 Å². The summed E-state index contributed by atoms with van der Waals surface area (Å²) < 4.78 is 37.7. The first-order valence-corrected chi connectivity index (χ1v) is 10.3. The number of carbonyl (C=O) groups excluding carboxylic acids is 1. The van der Waals surface area contributed by atoms with E-state index in [0.29, 0.717) is 36.4 Å². The number of nitrogens with one attached hydrogen (secondary N) is 1. The molecule has 140 valence electrons. The number of rotatable bonds is 5. The van der Waals surface area contributed by atoms with Crippen molar-refractivity contribution in [3.05, 3.63) is 46.8 Å². The summed E-state index contributed by atoms with van der Waals surface area (Å²) in [5.41, 5.74) is 0. The summed E-state index contributed by atoms with van der Waals surface area (Å²) in [4.78, 5) is 12.4. The number of carbonyl (C=O) groups is 1. The van der Waals surface area contributed by atoms with Gasteiger partial charge >= 0.3 is 0 Å². The number of furan rings is 1. The van der Waals surface area contributed by atoms with Crippen LogP contribution in [0.3, 0.4) is 0 Å². The molecule has 1 amide bonds. The molecule has 7 nitrogen and oxygen atoms in total. The van der Waals surface area contributed by atoms with Crippen molar-refractivity contribution >= 4 is 31.9 Å².